The van der Waals surface area contributed by atoms with E-state index in [1.807, 2.05) is 20.8 Å². The quantitative estimate of drug-likeness (QED) is 0.627. The van der Waals surface area contributed by atoms with Gasteiger partial charge < -0.3 is 15.0 Å². The number of carbonyl (C=O) groups is 3. The van der Waals surface area contributed by atoms with Gasteiger partial charge in [0.15, 0.2) is 6.61 Å². The molecule has 7 nitrogen and oxygen atoms in total. The number of hydrogen-bond donors (Lipinski definition) is 1. The molecule has 0 bridgehead atoms. The van der Waals surface area contributed by atoms with Crippen LogP contribution in [0.4, 0.5) is 0 Å². The molecule has 0 radical (unpaired) electrons. The highest BCUT2D eigenvalue weighted by Gasteiger charge is 2.19. The predicted octanol–water partition coefficient (Wildman–Crippen LogP) is 1.92. The molecule has 0 aliphatic carbocycles. The fourth-order valence-corrected chi connectivity index (χ4v) is 1.88. The average Bonchev–Trinajstić information content (AvgIpc) is 2.45. The van der Waals surface area contributed by atoms with Gasteiger partial charge in [-0.05, 0) is 26.8 Å². The second-order valence-electron chi connectivity index (χ2n) is 6.12. The first kappa shape index (κ1) is 20.2. The molecule has 0 fully saturated rings. The molecule has 2 amide bonds. The zero-order valence-corrected chi connectivity index (χ0v) is 15.4. The van der Waals surface area contributed by atoms with Gasteiger partial charge in [-0.15, -0.1) is 0 Å². The first-order valence-electron chi connectivity index (χ1n) is 7.03. The van der Waals surface area contributed by atoms with Crippen molar-refractivity contribution in [2.24, 2.45) is 0 Å². The lowest BCUT2D eigenvalue weighted by atomic mass is 10.1. The molecule has 0 unspecified atom stereocenters. The van der Waals surface area contributed by atoms with Crippen molar-refractivity contribution in [1.82, 2.24) is 15.2 Å². The predicted molar refractivity (Wildman–Crippen MR) is 90.1 cm³/mol. The fourth-order valence-electron chi connectivity index (χ4n) is 1.62. The van der Waals surface area contributed by atoms with Crippen molar-refractivity contribution < 1.29 is 19.1 Å². The van der Waals surface area contributed by atoms with Gasteiger partial charge in [0.25, 0.3) is 5.91 Å². The highest BCUT2D eigenvalue weighted by molar-refractivity contribution is 6.41. The Bertz CT molecular complexity index is 644. The van der Waals surface area contributed by atoms with E-state index in [4.69, 9.17) is 27.9 Å². The summed E-state index contributed by atoms with van der Waals surface area (Å²) in [6.07, 6.45) is 1.20. The number of carbonyl (C=O) groups excluding carboxylic acids is 3. The van der Waals surface area contributed by atoms with Gasteiger partial charge in [0.1, 0.15) is 5.15 Å². The van der Waals surface area contributed by atoms with Crippen LogP contribution in [0.25, 0.3) is 0 Å². The van der Waals surface area contributed by atoms with Crippen LogP contribution in [0.15, 0.2) is 12.3 Å². The zero-order chi connectivity index (χ0) is 18.5. The highest BCUT2D eigenvalue weighted by atomic mass is 35.5. The number of rotatable bonds is 5. The lowest BCUT2D eigenvalue weighted by Crippen LogP contribution is -2.46. The van der Waals surface area contributed by atoms with E-state index in [1.54, 1.807) is 0 Å². The normalized spacial score (nSPS) is 10.9. The van der Waals surface area contributed by atoms with Crippen molar-refractivity contribution >= 4 is 41.0 Å². The van der Waals surface area contributed by atoms with Gasteiger partial charge in [-0.3, -0.25) is 9.59 Å². The van der Waals surface area contributed by atoms with Crippen LogP contribution in [0.1, 0.15) is 31.1 Å². The molecular weight excluding hydrogens is 357 g/mol. The summed E-state index contributed by atoms with van der Waals surface area (Å²) in [5, 5.41) is 2.90. The first-order valence-corrected chi connectivity index (χ1v) is 7.78. The van der Waals surface area contributed by atoms with Crippen LogP contribution in [-0.2, 0) is 14.3 Å². The van der Waals surface area contributed by atoms with Crippen molar-refractivity contribution in [2.45, 2.75) is 26.3 Å². The number of nitrogens with one attached hydrogen (secondary N) is 1. The summed E-state index contributed by atoms with van der Waals surface area (Å²) < 4.78 is 4.88. The third-order valence-corrected chi connectivity index (χ3v) is 3.37. The molecule has 1 heterocycles. The Labute approximate surface area is 150 Å². The summed E-state index contributed by atoms with van der Waals surface area (Å²) in [5.74, 6) is -1.58. The summed E-state index contributed by atoms with van der Waals surface area (Å²) in [4.78, 5) is 40.4. The molecule has 0 saturated carbocycles. The van der Waals surface area contributed by atoms with Gasteiger partial charge in [-0.25, -0.2) is 9.78 Å². The van der Waals surface area contributed by atoms with E-state index in [0.717, 1.165) is 0 Å². The lowest BCUT2D eigenvalue weighted by molar-refractivity contribution is -0.137. The van der Waals surface area contributed by atoms with E-state index in [0.29, 0.717) is 0 Å². The van der Waals surface area contributed by atoms with Gasteiger partial charge >= 0.3 is 5.97 Å². The van der Waals surface area contributed by atoms with Gasteiger partial charge in [-0.1, -0.05) is 23.2 Å². The van der Waals surface area contributed by atoms with Crippen molar-refractivity contribution in [3.05, 3.63) is 28.0 Å². The molecule has 1 aromatic rings. The molecule has 1 N–H and O–H groups in total. The van der Waals surface area contributed by atoms with Crippen LogP contribution in [0.5, 0.6) is 0 Å². The van der Waals surface area contributed by atoms with Gasteiger partial charge in [-0.2, -0.15) is 0 Å². The molecule has 9 heteroatoms. The van der Waals surface area contributed by atoms with E-state index in [-0.39, 0.29) is 28.2 Å². The zero-order valence-electron chi connectivity index (χ0n) is 13.9. The number of aromatic nitrogens is 1. The van der Waals surface area contributed by atoms with Crippen LogP contribution >= 0.6 is 23.2 Å². The Balaban J connectivity index is 2.51. The molecule has 0 aromatic carbocycles. The Morgan fingerprint density at radius 2 is 1.92 bits per heavy atom. The Kier molecular flexibility index (Phi) is 6.98. The topological polar surface area (TPSA) is 88.6 Å². The van der Waals surface area contributed by atoms with Gasteiger partial charge in [0.2, 0.25) is 5.91 Å². The number of likely N-dealkylation sites (N-methyl/N-ethyl adjacent to an activating group) is 1. The first-order chi connectivity index (χ1) is 11.0. The molecule has 24 heavy (non-hydrogen) atoms. The smallest absolute Gasteiger partial charge is 0.340 e. The summed E-state index contributed by atoms with van der Waals surface area (Å²) >= 11 is 11.4. The second kappa shape index (κ2) is 8.30. The van der Waals surface area contributed by atoms with Crippen LogP contribution < -0.4 is 5.32 Å². The highest BCUT2D eigenvalue weighted by Crippen LogP contribution is 2.20. The number of ether oxygens (including phenoxy) is 1. The number of amides is 2. The number of hydrogen-bond acceptors (Lipinski definition) is 5. The van der Waals surface area contributed by atoms with E-state index in [2.05, 4.69) is 10.3 Å². The largest absolute Gasteiger partial charge is 0.452 e. The molecular formula is C15H19Cl2N3O4. The molecule has 1 aromatic heterocycles. The third kappa shape index (κ3) is 6.72. The van der Waals surface area contributed by atoms with E-state index in [1.165, 1.54) is 24.2 Å². The SMILES string of the molecule is CN(CC(=O)NC(C)(C)C)C(=O)COC(=O)c1cnc(Cl)c(Cl)c1. The van der Waals surface area contributed by atoms with E-state index >= 15 is 0 Å². The van der Waals surface area contributed by atoms with Crippen molar-refractivity contribution in [3.63, 3.8) is 0 Å². The lowest BCUT2D eigenvalue weighted by Gasteiger charge is -2.23. The van der Waals surface area contributed by atoms with E-state index < -0.39 is 24.0 Å². The molecule has 0 aliphatic rings. The molecule has 132 valence electrons. The number of pyridine rings is 1. The van der Waals surface area contributed by atoms with Crippen molar-refractivity contribution in [3.8, 4) is 0 Å². The van der Waals surface area contributed by atoms with Gasteiger partial charge in [0.05, 0.1) is 17.1 Å². The van der Waals surface area contributed by atoms with Gasteiger partial charge in [0, 0.05) is 18.8 Å². The summed E-state index contributed by atoms with van der Waals surface area (Å²) in [6.45, 7) is 4.86. The molecule has 1 rings (SSSR count). The van der Waals surface area contributed by atoms with E-state index in [9.17, 15) is 14.4 Å². The third-order valence-electron chi connectivity index (χ3n) is 2.68. The number of nitrogens with zero attached hydrogens (tertiary/aromatic N) is 2. The minimum absolute atomic E-state index is 0.0638. The maximum Gasteiger partial charge on any atom is 0.340 e. The van der Waals surface area contributed by atoms with Crippen LogP contribution in [0.3, 0.4) is 0 Å². The molecule has 0 aliphatic heterocycles. The molecule has 0 saturated heterocycles. The monoisotopic (exact) mass is 375 g/mol. The summed E-state index contributed by atoms with van der Waals surface area (Å²) in [6, 6.07) is 1.30. The maximum atomic E-state index is 11.9. The molecule has 0 atom stereocenters. The number of esters is 1. The van der Waals surface area contributed by atoms with Crippen LogP contribution in [0.2, 0.25) is 10.2 Å². The standard InChI is InChI=1S/C15H19Cl2N3O4/c1-15(2,3)19-11(21)7-20(4)12(22)8-24-14(23)9-5-10(16)13(17)18-6-9/h5-6H,7-8H2,1-4H3,(H,19,21). The maximum absolute atomic E-state index is 11.9. The number of halogens is 2. The Hall–Kier alpha value is -1.86. The Morgan fingerprint density at radius 3 is 2.46 bits per heavy atom. The van der Waals surface area contributed by atoms with Crippen LogP contribution in [-0.4, -0.2) is 53.4 Å². The van der Waals surface area contributed by atoms with Crippen molar-refractivity contribution in [1.29, 1.82) is 0 Å². The Morgan fingerprint density at radius 1 is 1.29 bits per heavy atom. The van der Waals surface area contributed by atoms with Crippen molar-refractivity contribution in [2.75, 3.05) is 20.2 Å². The average molecular weight is 376 g/mol. The minimum Gasteiger partial charge on any atom is -0.452 e. The summed E-state index contributed by atoms with van der Waals surface area (Å²) in [7, 11) is 1.44. The molecule has 0 spiro atoms. The van der Waals surface area contributed by atoms with Crippen LogP contribution in [0, 0.1) is 0 Å². The fraction of sp³-hybridized carbons (Fsp3) is 0.467. The minimum atomic E-state index is -0.762. The second-order valence-corrected chi connectivity index (χ2v) is 6.89. The summed E-state index contributed by atoms with van der Waals surface area (Å²) in [5.41, 5.74) is -0.320.